The summed E-state index contributed by atoms with van der Waals surface area (Å²) in [5.41, 5.74) is 0.900. The molecule has 0 fully saturated rings. The molecule has 27 heavy (non-hydrogen) atoms. The number of benzene rings is 3. The Hall–Kier alpha value is -3.21. The fraction of sp³-hybridized carbons (Fsp3) is 0.227. The van der Waals surface area contributed by atoms with E-state index < -0.39 is 0 Å². The number of methoxy groups -OCH3 is 3. The van der Waals surface area contributed by atoms with Crippen LogP contribution in [0.4, 0.5) is 0 Å². The van der Waals surface area contributed by atoms with Crippen LogP contribution >= 0.6 is 0 Å². The van der Waals surface area contributed by atoms with Crippen molar-refractivity contribution in [1.29, 1.82) is 0 Å². The summed E-state index contributed by atoms with van der Waals surface area (Å²) in [6.07, 6.45) is 0.736. The molecule has 5 heteroatoms. The molecule has 0 radical (unpaired) electrons. The molecule has 0 unspecified atom stereocenters. The summed E-state index contributed by atoms with van der Waals surface area (Å²) in [4.78, 5) is 12.3. The van der Waals surface area contributed by atoms with Crippen molar-refractivity contribution in [1.82, 2.24) is 0 Å². The maximum absolute atomic E-state index is 12.3. The van der Waals surface area contributed by atoms with Gasteiger partial charge < -0.3 is 18.9 Å². The molecule has 0 bridgehead atoms. The summed E-state index contributed by atoms with van der Waals surface area (Å²) in [6.45, 7) is 0. The monoisotopic (exact) mass is 366 g/mol. The Kier molecular flexibility index (Phi) is 5.81. The van der Waals surface area contributed by atoms with Gasteiger partial charge >= 0.3 is 5.97 Å². The Bertz CT molecular complexity index is 949. The van der Waals surface area contributed by atoms with E-state index in [-0.39, 0.29) is 12.4 Å². The van der Waals surface area contributed by atoms with Crippen molar-refractivity contribution in [2.45, 2.75) is 12.8 Å². The van der Waals surface area contributed by atoms with Gasteiger partial charge in [0.05, 0.1) is 27.8 Å². The summed E-state index contributed by atoms with van der Waals surface area (Å²) in [5, 5.41) is 2.01. The second-order valence-corrected chi connectivity index (χ2v) is 6.03. The topological polar surface area (TPSA) is 54.0 Å². The molecule has 0 aliphatic carbocycles. The number of rotatable bonds is 7. The van der Waals surface area contributed by atoms with Crippen LogP contribution in [0.1, 0.15) is 12.0 Å². The first-order chi connectivity index (χ1) is 13.1. The predicted molar refractivity (Wildman–Crippen MR) is 104 cm³/mol. The lowest BCUT2D eigenvalue weighted by molar-refractivity contribution is -0.134. The second-order valence-electron chi connectivity index (χ2n) is 6.03. The van der Waals surface area contributed by atoms with Crippen molar-refractivity contribution in [3.05, 3.63) is 60.2 Å². The molecule has 0 atom stereocenters. The highest BCUT2D eigenvalue weighted by Gasteiger charge is 2.11. The minimum absolute atomic E-state index is 0.236. The SMILES string of the molecule is COc1ccc(OC)c(CCC(=O)Oc2ccc3ccc(OC)cc3c2)c1. The van der Waals surface area contributed by atoms with Crippen LogP contribution in [0.5, 0.6) is 23.0 Å². The zero-order valence-electron chi connectivity index (χ0n) is 15.7. The van der Waals surface area contributed by atoms with Crippen molar-refractivity contribution >= 4 is 16.7 Å². The van der Waals surface area contributed by atoms with Crippen LogP contribution < -0.4 is 18.9 Å². The van der Waals surface area contributed by atoms with Gasteiger partial charge in [-0.3, -0.25) is 4.79 Å². The first kappa shape index (κ1) is 18.6. The number of ether oxygens (including phenoxy) is 4. The van der Waals surface area contributed by atoms with Gasteiger partial charge in [0.25, 0.3) is 0 Å². The Labute approximate surface area is 158 Å². The quantitative estimate of drug-likeness (QED) is 0.458. The maximum Gasteiger partial charge on any atom is 0.311 e. The maximum atomic E-state index is 12.3. The van der Waals surface area contributed by atoms with Gasteiger partial charge in [0.1, 0.15) is 23.0 Å². The van der Waals surface area contributed by atoms with Crippen molar-refractivity contribution in [3.63, 3.8) is 0 Å². The minimum atomic E-state index is -0.304. The van der Waals surface area contributed by atoms with Crippen LogP contribution in [0.3, 0.4) is 0 Å². The fourth-order valence-electron chi connectivity index (χ4n) is 2.89. The number of hydrogen-bond donors (Lipinski definition) is 0. The summed E-state index contributed by atoms with van der Waals surface area (Å²) in [5.74, 6) is 2.42. The molecule has 0 aliphatic rings. The molecule has 140 valence electrons. The van der Waals surface area contributed by atoms with Gasteiger partial charge in [0, 0.05) is 0 Å². The van der Waals surface area contributed by atoms with E-state index in [0.29, 0.717) is 12.2 Å². The zero-order valence-corrected chi connectivity index (χ0v) is 15.7. The third kappa shape index (κ3) is 4.50. The van der Waals surface area contributed by atoms with Crippen LogP contribution in [0, 0.1) is 0 Å². The number of aryl methyl sites for hydroxylation is 1. The van der Waals surface area contributed by atoms with E-state index in [4.69, 9.17) is 18.9 Å². The molecule has 3 rings (SSSR count). The van der Waals surface area contributed by atoms with E-state index in [9.17, 15) is 4.79 Å². The van der Waals surface area contributed by atoms with Gasteiger partial charge in [-0.05, 0) is 65.2 Å². The number of carbonyl (C=O) groups excluding carboxylic acids is 1. The lowest BCUT2D eigenvalue weighted by atomic mass is 10.1. The molecule has 0 saturated carbocycles. The van der Waals surface area contributed by atoms with Gasteiger partial charge in [0.2, 0.25) is 0 Å². The smallest absolute Gasteiger partial charge is 0.311 e. The van der Waals surface area contributed by atoms with Crippen molar-refractivity contribution in [2.24, 2.45) is 0 Å². The molecular weight excluding hydrogens is 344 g/mol. The summed E-state index contributed by atoms with van der Waals surface area (Å²) in [6, 6.07) is 16.8. The Morgan fingerprint density at radius 1 is 0.741 bits per heavy atom. The summed E-state index contributed by atoms with van der Waals surface area (Å²) in [7, 11) is 4.83. The molecule has 3 aromatic carbocycles. The van der Waals surface area contributed by atoms with E-state index in [0.717, 1.165) is 33.6 Å². The van der Waals surface area contributed by atoms with E-state index >= 15 is 0 Å². The first-order valence-corrected chi connectivity index (χ1v) is 8.62. The van der Waals surface area contributed by atoms with Crippen molar-refractivity contribution in [3.8, 4) is 23.0 Å². The zero-order chi connectivity index (χ0) is 19.2. The van der Waals surface area contributed by atoms with E-state index in [1.807, 2.05) is 48.5 Å². The fourth-order valence-corrected chi connectivity index (χ4v) is 2.89. The van der Waals surface area contributed by atoms with Gasteiger partial charge in [-0.1, -0.05) is 12.1 Å². The largest absolute Gasteiger partial charge is 0.497 e. The van der Waals surface area contributed by atoms with Crippen LogP contribution in [0.15, 0.2) is 54.6 Å². The van der Waals surface area contributed by atoms with E-state index in [1.54, 1.807) is 27.4 Å². The standard InChI is InChI=1S/C22H22O5/c1-24-18-7-4-15-5-8-20(14-17(15)13-18)27-22(23)11-6-16-12-19(25-2)9-10-21(16)26-3/h4-5,7-10,12-14H,6,11H2,1-3H3. The lowest BCUT2D eigenvalue weighted by Crippen LogP contribution is -2.09. The highest BCUT2D eigenvalue weighted by molar-refractivity contribution is 5.86. The Morgan fingerprint density at radius 3 is 2.07 bits per heavy atom. The van der Waals surface area contributed by atoms with Gasteiger partial charge in [-0.2, -0.15) is 0 Å². The van der Waals surface area contributed by atoms with Crippen LogP contribution in [-0.2, 0) is 11.2 Å². The van der Waals surface area contributed by atoms with Crippen LogP contribution in [0.2, 0.25) is 0 Å². The van der Waals surface area contributed by atoms with E-state index in [1.165, 1.54) is 0 Å². The highest BCUT2D eigenvalue weighted by Crippen LogP contribution is 2.27. The van der Waals surface area contributed by atoms with Crippen LogP contribution in [0.25, 0.3) is 10.8 Å². The normalized spacial score (nSPS) is 10.5. The lowest BCUT2D eigenvalue weighted by Gasteiger charge is -2.10. The predicted octanol–water partition coefficient (Wildman–Crippen LogP) is 4.40. The summed E-state index contributed by atoms with van der Waals surface area (Å²) >= 11 is 0. The highest BCUT2D eigenvalue weighted by atomic mass is 16.5. The average Bonchev–Trinajstić information content (AvgIpc) is 2.71. The van der Waals surface area contributed by atoms with Crippen molar-refractivity contribution < 1.29 is 23.7 Å². The summed E-state index contributed by atoms with van der Waals surface area (Å²) < 4.78 is 21.3. The Balaban J connectivity index is 1.68. The number of fused-ring (bicyclic) bond motifs is 1. The van der Waals surface area contributed by atoms with Crippen molar-refractivity contribution in [2.75, 3.05) is 21.3 Å². The van der Waals surface area contributed by atoms with Gasteiger partial charge in [-0.15, -0.1) is 0 Å². The molecule has 0 aliphatic heterocycles. The molecule has 5 nitrogen and oxygen atoms in total. The molecule has 0 amide bonds. The molecule has 0 saturated heterocycles. The number of carbonyl (C=O) groups is 1. The minimum Gasteiger partial charge on any atom is -0.497 e. The third-order valence-corrected chi connectivity index (χ3v) is 4.34. The molecule has 3 aromatic rings. The number of esters is 1. The van der Waals surface area contributed by atoms with Crippen LogP contribution in [-0.4, -0.2) is 27.3 Å². The molecular formula is C22H22O5. The third-order valence-electron chi connectivity index (χ3n) is 4.34. The van der Waals surface area contributed by atoms with Gasteiger partial charge in [0.15, 0.2) is 0 Å². The molecule has 0 heterocycles. The average molecular weight is 366 g/mol. The second kappa shape index (κ2) is 8.45. The molecule has 0 N–H and O–H groups in total. The molecule has 0 spiro atoms. The van der Waals surface area contributed by atoms with Gasteiger partial charge in [-0.25, -0.2) is 0 Å². The first-order valence-electron chi connectivity index (χ1n) is 8.62. The number of hydrogen-bond acceptors (Lipinski definition) is 5. The molecule has 0 aromatic heterocycles. The Morgan fingerprint density at radius 2 is 1.37 bits per heavy atom. The van der Waals surface area contributed by atoms with E-state index in [2.05, 4.69) is 0 Å².